The molecule has 0 atom stereocenters. The molecule has 1 fully saturated rings. The predicted octanol–water partition coefficient (Wildman–Crippen LogP) is 1.61. The summed E-state index contributed by atoms with van der Waals surface area (Å²) in [5.74, 6) is 0.279. The molecule has 1 aliphatic heterocycles. The van der Waals surface area contributed by atoms with Crippen molar-refractivity contribution in [2.24, 2.45) is 5.41 Å². The van der Waals surface area contributed by atoms with Gasteiger partial charge in [0.15, 0.2) is 5.78 Å². The van der Waals surface area contributed by atoms with Gasteiger partial charge >= 0.3 is 0 Å². The van der Waals surface area contributed by atoms with Gasteiger partial charge in [0.25, 0.3) is 0 Å². The highest BCUT2D eigenvalue weighted by atomic mass is 16.2. The number of nitrogens with zero attached hydrogens (tertiary/aromatic N) is 1. The molecular weight excluding hydrogens is 178 g/mol. The number of hydrogen-bond acceptors (Lipinski definition) is 2. The minimum Gasteiger partial charge on any atom is -0.335 e. The Bertz CT molecular complexity index is 246. The number of piperidine rings is 1. The number of ketones is 1. The lowest BCUT2D eigenvalue weighted by molar-refractivity contribution is -0.140. The fraction of sp³-hybridized carbons (Fsp3) is 0.818. The van der Waals surface area contributed by atoms with Crippen LogP contribution in [0.15, 0.2) is 0 Å². The summed E-state index contributed by atoms with van der Waals surface area (Å²) in [6.45, 7) is 7.08. The molecule has 1 heterocycles. The molecule has 80 valence electrons. The molecule has 0 saturated carbocycles. The maximum Gasteiger partial charge on any atom is 0.223 e. The van der Waals surface area contributed by atoms with Crippen molar-refractivity contribution in [3.8, 4) is 0 Å². The molecule has 0 aromatic heterocycles. The second-order valence-corrected chi connectivity index (χ2v) is 4.80. The van der Waals surface area contributed by atoms with Gasteiger partial charge in [0, 0.05) is 19.4 Å². The molecule has 0 aromatic rings. The first kappa shape index (κ1) is 11.2. The normalized spacial score (nSPS) is 21.1. The van der Waals surface area contributed by atoms with Crippen molar-refractivity contribution in [3.63, 3.8) is 0 Å². The van der Waals surface area contributed by atoms with Gasteiger partial charge < -0.3 is 4.90 Å². The van der Waals surface area contributed by atoms with E-state index in [-0.39, 0.29) is 17.1 Å². The molecule has 0 aromatic carbocycles. The first-order chi connectivity index (χ1) is 6.44. The Kier molecular flexibility index (Phi) is 3.29. The van der Waals surface area contributed by atoms with Crippen LogP contribution in [0.5, 0.6) is 0 Å². The third-order valence-electron chi connectivity index (χ3n) is 2.80. The minimum atomic E-state index is 0.114. The van der Waals surface area contributed by atoms with E-state index >= 15 is 0 Å². The summed E-state index contributed by atoms with van der Waals surface area (Å²) >= 11 is 0. The van der Waals surface area contributed by atoms with E-state index in [1.54, 1.807) is 4.90 Å². The Morgan fingerprint density at radius 3 is 2.64 bits per heavy atom. The molecular formula is C11H19NO2. The summed E-state index contributed by atoms with van der Waals surface area (Å²) in [6.07, 6.45) is 2.09. The van der Waals surface area contributed by atoms with Gasteiger partial charge in [-0.1, -0.05) is 20.8 Å². The molecule has 0 spiro atoms. The molecule has 0 bridgehead atoms. The van der Waals surface area contributed by atoms with E-state index < -0.39 is 0 Å². The van der Waals surface area contributed by atoms with Crippen LogP contribution in [0.4, 0.5) is 0 Å². The smallest absolute Gasteiger partial charge is 0.223 e. The van der Waals surface area contributed by atoms with E-state index in [0.29, 0.717) is 19.4 Å². The molecule has 3 heteroatoms. The van der Waals surface area contributed by atoms with Gasteiger partial charge in [-0.2, -0.15) is 0 Å². The summed E-state index contributed by atoms with van der Waals surface area (Å²) in [5, 5.41) is 0. The third-order valence-corrected chi connectivity index (χ3v) is 2.80. The minimum absolute atomic E-state index is 0.114. The van der Waals surface area contributed by atoms with Crippen LogP contribution in [0, 0.1) is 5.41 Å². The zero-order valence-electron chi connectivity index (χ0n) is 9.30. The topological polar surface area (TPSA) is 37.4 Å². The van der Waals surface area contributed by atoms with Crippen LogP contribution < -0.4 is 0 Å². The van der Waals surface area contributed by atoms with Crippen molar-refractivity contribution in [1.29, 1.82) is 0 Å². The monoisotopic (exact) mass is 197 g/mol. The van der Waals surface area contributed by atoms with Crippen LogP contribution in [-0.4, -0.2) is 29.7 Å². The van der Waals surface area contributed by atoms with Crippen molar-refractivity contribution in [2.75, 3.05) is 13.1 Å². The largest absolute Gasteiger partial charge is 0.335 e. The zero-order valence-corrected chi connectivity index (χ0v) is 9.30. The molecule has 1 saturated heterocycles. The molecule has 0 N–H and O–H groups in total. The van der Waals surface area contributed by atoms with E-state index in [1.165, 1.54) is 0 Å². The van der Waals surface area contributed by atoms with Gasteiger partial charge in [-0.25, -0.2) is 0 Å². The van der Waals surface area contributed by atoms with Crippen molar-refractivity contribution in [1.82, 2.24) is 4.90 Å². The van der Waals surface area contributed by atoms with Gasteiger partial charge in [-0.3, -0.25) is 9.59 Å². The predicted molar refractivity (Wildman–Crippen MR) is 54.9 cm³/mol. The highest BCUT2D eigenvalue weighted by Gasteiger charge is 2.31. The second-order valence-electron chi connectivity index (χ2n) is 4.80. The van der Waals surface area contributed by atoms with Gasteiger partial charge in [-0.05, 0) is 11.8 Å². The van der Waals surface area contributed by atoms with Crippen LogP contribution >= 0.6 is 0 Å². The number of rotatable bonds is 3. The molecule has 1 amide bonds. The van der Waals surface area contributed by atoms with Gasteiger partial charge in [0.05, 0.1) is 6.54 Å². The number of Topliss-reactive ketones (excluding diaryl/α,β-unsaturated/α-hetero) is 1. The average Bonchev–Trinajstić information content (AvgIpc) is 2.09. The van der Waals surface area contributed by atoms with Gasteiger partial charge in [-0.15, -0.1) is 0 Å². The molecule has 1 aliphatic rings. The highest BCUT2D eigenvalue weighted by Crippen LogP contribution is 2.30. The fourth-order valence-corrected chi connectivity index (χ4v) is 1.66. The summed E-state index contributed by atoms with van der Waals surface area (Å²) in [7, 11) is 0. The maximum absolute atomic E-state index is 11.6. The van der Waals surface area contributed by atoms with E-state index in [2.05, 4.69) is 13.8 Å². The molecule has 14 heavy (non-hydrogen) atoms. The van der Waals surface area contributed by atoms with E-state index in [9.17, 15) is 9.59 Å². The van der Waals surface area contributed by atoms with Crippen LogP contribution in [0.3, 0.4) is 0 Å². The Morgan fingerprint density at radius 1 is 1.50 bits per heavy atom. The number of carbonyl (C=O) groups excluding carboxylic acids is 2. The quantitative estimate of drug-likeness (QED) is 0.689. The fourth-order valence-electron chi connectivity index (χ4n) is 1.66. The Balaban J connectivity index is 2.50. The Labute approximate surface area is 85.5 Å². The number of carbonyl (C=O) groups is 2. The molecule has 0 aliphatic carbocycles. The molecule has 0 radical (unpaired) electrons. The van der Waals surface area contributed by atoms with E-state index in [0.717, 1.165) is 13.0 Å². The first-order valence-electron chi connectivity index (χ1n) is 5.24. The first-order valence-corrected chi connectivity index (χ1v) is 5.24. The van der Waals surface area contributed by atoms with Gasteiger partial charge in [0.1, 0.15) is 0 Å². The van der Waals surface area contributed by atoms with Crippen LogP contribution in [0.25, 0.3) is 0 Å². The average molecular weight is 197 g/mol. The lowest BCUT2D eigenvalue weighted by atomic mass is 9.82. The SMILES string of the molecule is CCC(=O)CN1CCC(C)(C)CC1=O. The van der Waals surface area contributed by atoms with Crippen molar-refractivity contribution in [3.05, 3.63) is 0 Å². The van der Waals surface area contributed by atoms with Crippen LogP contribution in [0.1, 0.15) is 40.0 Å². The Morgan fingerprint density at radius 2 is 2.14 bits per heavy atom. The highest BCUT2D eigenvalue weighted by molar-refractivity contribution is 5.86. The standard InChI is InChI=1S/C11H19NO2/c1-4-9(13)8-12-6-5-11(2,3)7-10(12)14/h4-8H2,1-3H3. The Hall–Kier alpha value is -0.860. The van der Waals surface area contributed by atoms with E-state index in [4.69, 9.17) is 0 Å². The third kappa shape index (κ3) is 2.82. The van der Waals surface area contributed by atoms with Gasteiger partial charge in [0.2, 0.25) is 5.91 Å². The molecule has 0 unspecified atom stereocenters. The summed E-state index contributed by atoms with van der Waals surface area (Å²) in [6, 6.07) is 0. The summed E-state index contributed by atoms with van der Waals surface area (Å²) in [5.41, 5.74) is 0.114. The summed E-state index contributed by atoms with van der Waals surface area (Å²) in [4.78, 5) is 24.5. The molecule has 1 rings (SSSR count). The second kappa shape index (κ2) is 4.11. The number of amides is 1. The number of likely N-dealkylation sites (tertiary alicyclic amines) is 1. The molecule has 3 nitrogen and oxygen atoms in total. The van der Waals surface area contributed by atoms with Crippen molar-refractivity contribution < 1.29 is 9.59 Å². The number of hydrogen-bond donors (Lipinski definition) is 0. The van der Waals surface area contributed by atoms with Crippen molar-refractivity contribution in [2.45, 2.75) is 40.0 Å². The van der Waals surface area contributed by atoms with Crippen LogP contribution in [0.2, 0.25) is 0 Å². The van der Waals surface area contributed by atoms with Crippen molar-refractivity contribution >= 4 is 11.7 Å². The summed E-state index contributed by atoms with van der Waals surface area (Å²) < 4.78 is 0. The van der Waals surface area contributed by atoms with Crippen LogP contribution in [-0.2, 0) is 9.59 Å². The van der Waals surface area contributed by atoms with E-state index in [1.807, 2.05) is 6.92 Å². The zero-order chi connectivity index (χ0) is 10.8. The maximum atomic E-state index is 11.6. The lowest BCUT2D eigenvalue weighted by Crippen LogP contribution is -2.44. The lowest BCUT2D eigenvalue weighted by Gasteiger charge is -2.36.